The Kier molecular flexibility index (Phi) is 9.15. The molecule has 0 unspecified atom stereocenters. The lowest BCUT2D eigenvalue weighted by molar-refractivity contribution is -0.149. The van der Waals surface area contributed by atoms with Crippen LogP contribution in [-0.2, 0) is 22.6 Å². The number of rotatable bonds is 6. The van der Waals surface area contributed by atoms with Crippen molar-refractivity contribution in [3.8, 4) is 0 Å². The van der Waals surface area contributed by atoms with E-state index < -0.39 is 0 Å². The van der Waals surface area contributed by atoms with Crippen LogP contribution < -0.4 is 5.32 Å². The predicted molar refractivity (Wildman–Crippen MR) is 125 cm³/mol. The molecule has 2 aliphatic rings. The van der Waals surface area contributed by atoms with E-state index in [1.165, 1.54) is 30.6 Å². The number of hydrogen-bond acceptors (Lipinski definition) is 5. The van der Waals surface area contributed by atoms with Crippen molar-refractivity contribution >= 4 is 11.9 Å². The Morgan fingerprint density at radius 1 is 1.06 bits per heavy atom. The molecular formula is C24H39N5O2. The number of carbonyl (C=O) groups is 1. The molecule has 0 spiro atoms. The van der Waals surface area contributed by atoms with Crippen molar-refractivity contribution in [1.82, 2.24) is 20.0 Å². The zero-order chi connectivity index (χ0) is 22.1. The molecule has 0 atom stereocenters. The van der Waals surface area contributed by atoms with E-state index in [2.05, 4.69) is 56.3 Å². The average Bonchev–Trinajstić information content (AvgIpc) is 3.00. The number of nitrogens with one attached hydrogen (secondary N) is 1. The number of nitrogens with zero attached hydrogens (tertiary/aromatic N) is 4. The van der Waals surface area contributed by atoms with E-state index in [1.54, 1.807) is 0 Å². The van der Waals surface area contributed by atoms with Crippen LogP contribution >= 0.6 is 0 Å². The molecule has 1 aromatic carbocycles. The van der Waals surface area contributed by atoms with Crippen molar-refractivity contribution < 1.29 is 9.53 Å². The van der Waals surface area contributed by atoms with Gasteiger partial charge in [0.1, 0.15) is 0 Å². The maximum atomic E-state index is 11.9. The molecule has 0 bridgehead atoms. The molecule has 2 heterocycles. The molecule has 2 fully saturated rings. The number of benzene rings is 1. The summed E-state index contributed by atoms with van der Waals surface area (Å²) in [7, 11) is 4.03. The molecular weight excluding hydrogens is 390 g/mol. The van der Waals surface area contributed by atoms with Gasteiger partial charge in [-0.2, -0.15) is 0 Å². The third kappa shape index (κ3) is 7.21. The average molecular weight is 430 g/mol. The Labute approximate surface area is 187 Å². The van der Waals surface area contributed by atoms with Crippen molar-refractivity contribution in [2.75, 3.05) is 60.0 Å². The molecule has 2 aliphatic heterocycles. The van der Waals surface area contributed by atoms with Crippen LogP contribution in [0, 0.1) is 5.92 Å². The first-order valence-corrected chi connectivity index (χ1v) is 11.7. The van der Waals surface area contributed by atoms with Crippen molar-refractivity contribution in [1.29, 1.82) is 0 Å². The van der Waals surface area contributed by atoms with E-state index >= 15 is 0 Å². The lowest BCUT2D eigenvalue weighted by Gasteiger charge is -2.33. The van der Waals surface area contributed by atoms with Gasteiger partial charge in [-0.05, 0) is 57.5 Å². The minimum absolute atomic E-state index is 0.0199. The van der Waals surface area contributed by atoms with Crippen LogP contribution in [0.25, 0.3) is 0 Å². The van der Waals surface area contributed by atoms with Gasteiger partial charge in [-0.25, -0.2) is 0 Å². The Hall–Kier alpha value is -2.12. The quantitative estimate of drug-likeness (QED) is 0.425. The van der Waals surface area contributed by atoms with Gasteiger partial charge in [0, 0.05) is 46.3 Å². The normalized spacial score (nSPS) is 19.8. The second-order valence-corrected chi connectivity index (χ2v) is 8.66. The standard InChI is InChI=1S/C24H39N5O2/c1-4-31-23(30)22-10-14-29(15-11-22)24(25-2)26-18-20-6-8-21(9-7-20)19-28-13-5-12-27(3)16-17-28/h6-9,22H,4-5,10-19H2,1-3H3,(H,25,26). The van der Waals surface area contributed by atoms with Crippen molar-refractivity contribution in [3.63, 3.8) is 0 Å². The first-order valence-electron chi connectivity index (χ1n) is 11.7. The molecule has 2 saturated heterocycles. The fraction of sp³-hybridized carbons (Fsp3) is 0.667. The van der Waals surface area contributed by atoms with Crippen LogP contribution in [0.5, 0.6) is 0 Å². The molecule has 7 heteroatoms. The van der Waals surface area contributed by atoms with Gasteiger partial charge in [-0.15, -0.1) is 0 Å². The first-order chi connectivity index (χ1) is 15.1. The number of esters is 1. The fourth-order valence-corrected chi connectivity index (χ4v) is 4.38. The molecule has 172 valence electrons. The SMILES string of the molecule is CCOC(=O)C1CCN(C(=NC)NCc2ccc(CN3CCCN(C)CC3)cc2)CC1. The summed E-state index contributed by atoms with van der Waals surface area (Å²) in [5.41, 5.74) is 2.63. The molecule has 0 amide bonds. The van der Waals surface area contributed by atoms with Crippen molar-refractivity contribution in [2.24, 2.45) is 10.9 Å². The number of likely N-dealkylation sites (tertiary alicyclic amines) is 1. The highest BCUT2D eigenvalue weighted by atomic mass is 16.5. The summed E-state index contributed by atoms with van der Waals surface area (Å²) in [6.45, 7) is 10.4. The molecule has 0 aliphatic carbocycles. The van der Waals surface area contributed by atoms with Crippen molar-refractivity contribution in [2.45, 2.75) is 39.3 Å². The van der Waals surface area contributed by atoms with Gasteiger partial charge < -0.3 is 19.9 Å². The lowest BCUT2D eigenvalue weighted by Crippen LogP contribution is -2.46. The topological polar surface area (TPSA) is 60.4 Å². The summed E-state index contributed by atoms with van der Waals surface area (Å²) < 4.78 is 5.17. The minimum Gasteiger partial charge on any atom is -0.466 e. The van der Waals surface area contributed by atoms with Crippen LogP contribution in [0.2, 0.25) is 0 Å². The molecule has 1 N–H and O–H groups in total. The second-order valence-electron chi connectivity index (χ2n) is 8.66. The van der Waals surface area contributed by atoms with E-state index in [4.69, 9.17) is 4.74 Å². The summed E-state index contributed by atoms with van der Waals surface area (Å²) in [4.78, 5) is 23.6. The minimum atomic E-state index is -0.0580. The van der Waals surface area contributed by atoms with Crippen LogP contribution in [-0.4, -0.2) is 86.6 Å². The van der Waals surface area contributed by atoms with E-state index in [0.717, 1.165) is 58.1 Å². The Balaban J connectivity index is 1.44. The smallest absolute Gasteiger partial charge is 0.309 e. The van der Waals surface area contributed by atoms with E-state index in [9.17, 15) is 4.79 Å². The molecule has 0 saturated carbocycles. The predicted octanol–water partition coefficient (Wildman–Crippen LogP) is 2.17. The number of ether oxygens (including phenoxy) is 1. The number of likely N-dealkylation sites (N-methyl/N-ethyl adjacent to an activating group) is 1. The van der Waals surface area contributed by atoms with Crippen LogP contribution in [0.15, 0.2) is 29.3 Å². The maximum Gasteiger partial charge on any atom is 0.309 e. The third-order valence-electron chi connectivity index (χ3n) is 6.32. The Morgan fingerprint density at radius 2 is 1.77 bits per heavy atom. The molecule has 3 rings (SSSR count). The second kappa shape index (κ2) is 12.1. The highest BCUT2D eigenvalue weighted by molar-refractivity contribution is 5.80. The fourth-order valence-electron chi connectivity index (χ4n) is 4.38. The van der Waals surface area contributed by atoms with Gasteiger partial charge in [-0.3, -0.25) is 14.7 Å². The third-order valence-corrected chi connectivity index (χ3v) is 6.32. The number of carbonyl (C=O) groups excluding carboxylic acids is 1. The summed E-state index contributed by atoms with van der Waals surface area (Å²) in [6.07, 6.45) is 2.88. The summed E-state index contributed by atoms with van der Waals surface area (Å²) >= 11 is 0. The maximum absolute atomic E-state index is 11.9. The van der Waals surface area contributed by atoms with E-state index in [-0.39, 0.29) is 11.9 Å². The Morgan fingerprint density at radius 3 is 2.45 bits per heavy atom. The zero-order valence-electron chi connectivity index (χ0n) is 19.5. The first kappa shape index (κ1) is 23.5. The van der Waals surface area contributed by atoms with Crippen LogP contribution in [0.4, 0.5) is 0 Å². The summed E-state index contributed by atoms with van der Waals surface area (Å²) in [6, 6.07) is 8.93. The monoisotopic (exact) mass is 429 g/mol. The van der Waals surface area contributed by atoms with Gasteiger partial charge in [0.05, 0.1) is 12.5 Å². The molecule has 7 nitrogen and oxygen atoms in total. The van der Waals surface area contributed by atoms with E-state index in [1.807, 2.05) is 14.0 Å². The number of aliphatic imine (C=N–C) groups is 1. The van der Waals surface area contributed by atoms with Gasteiger partial charge in [0.15, 0.2) is 5.96 Å². The van der Waals surface area contributed by atoms with Gasteiger partial charge in [0.2, 0.25) is 0 Å². The summed E-state index contributed by atoms with van der Waals surface area (Å²) in [5, 5.41) is 3.48. The van der Waals surface area contributed by atoms with Gasteiger partial charge in [0.25, 0.3) is 0 Å². The molecule has 0 aromatic heterocycles. The largest absolute Gasteiger partial charge is 0.466 e. The zero-order valence-corrected chi connectivity index (χ0v) is 19.5. The van der Waals surface area contributed by atoms with Gasteiger partial charge in [-0.1, -0.05) is 24.3 Å². The lowest BCUT2D eigenvalue weighted by atomic mass is 9.97. The van der Waals surface area contributed by atoms with Crippen LogP contribution in [0.1, 0.15) is 37.3 Å². The number of guanidine groups is 1. The Bertz CT molecular complexity index is 713. The molecule has 1 aromatic rings. The number of hydrogen-bond donors (Lipinski definition) is 1. The highest BCUT2D eigenvalue weighted by Gasteiger charge is 2.27. The van der Waals surface area contributed by atoms with Crippen molar-refractivity contribution in [3.05, 3.63) is 35.4 Å². The molecule has 31 heavy (non-hydrogen) atoms. The van der Waals surface area contributed by atoms with E-state index in [0.29, 0.717) is 6.61 Å². The van der Waals surface area contributed by atoms with Crippen LogP contribution in [0.3, 0.4) is 0 Å². The number of piperidine rings is 1. The van der Waals surface area contributed by atoms with Gasteiger partial charge >= 0.3 is 5.97 Å². The summed E-state index contributed by atoms with van der Waals surface area (Å²) in [5.74, 6) is 0.865. The highest BCUT2D eigenvalue weighted by Crippen LogP contribution is 2.19. The molecule has 0 radical (unpaired) electrons.